The molecule has 0 aliphatic rings. The Morgan fingerprint density at radius 2 is 1.73 bits per heavy atom. The van der Waals surface area contributed by atoms with Gasteiger partial charge in [-0.25, -0.2) is 13.6 Å². The van der Waals surface area contributed by atoms with Crippen molar-refractivity contribution in [3.05, 3.63) is 64.2 Å². The van der Waals surface area contributed by atoms with Crippen LogP contribution in [0.2, 0.25) is 5.02 Å². The number of benzene rings is 2. The molecule has 0 saturated heterocycles. The molecular weight excluding hydrogens is 314 g/mol. The summed E-state index contributed by atoms with van der Waals surface area (Å²) in [6.45, 7) is 1.79. The van der Waals surface area contributed by atoms with Gasteiger partial charge in [0.2, 0.25) is 0 Å². The highest BCUT2D eigenvalue weighted by molar-refractivity contribution is 6.31. The first-order valence-corrected chi connectivity index (χ1v) is 6.59. The molecule has 0 aliphatic heterocycles. The van der Waals surface area contributed by atoms with Gasteiger partial charge in [0.05, 0.1) is 0 Å². The summed E-state index contributed by atoms with van der Waals surface area (Å²) in [5.41, 5.74) is 0.339. The summed E-state index contributed by atoms with van der Waals surface area (Å²) in [5.74, 6) is -3.28. The number of anilines is 1. The van der Waals surface area contributed by atoms with E-state index in [4.69, 9.17) is 11.6 Å². The van der Waals surface area contributed by atoms with E-state index < -0.39 is 29.1 Å². The lowest BCUT2D eigenvalue weighted by Gasteiger charge is -2.09. The van der Waals surface area contributed by atoms with Crippen molar-refractivity contribution in [3.8, 4) is 0 Å². The fraction of sp³-hybridized carbons (Fsp3) is 0.0667. The van der Waals surface area contributed by atoms with Gasteiger partial charge >= 0.3 is 6.03 Å². The number of urea groups is 1. The maximum atomic E-state index is 13.4. The minimum atomic E-state index is -1.17. The number of amides is 3. The van der Waals surface area contributed by atoms with Gasteiger partial charge in [0.15, 0.2) is 0 Å². The van der Waals surface area contributed by atoms with E-state index >= 15 is 0 Å². The fourth-order valence-corrected chi connectivity index (χ4v) is 1.89. The van der Waals surface area contributed by atoms with Crippen LogP contribution in [0.4, 0.5) is 19.3 Å². The number of rotatable bonds is 2. The zero-order chi connectivity index (χ0) is 16.3. The van der Waals surface area contributed by atoms with E-state index in [9.17, 15) is 18.4 Å². The first-order chi connectivity index (χ1) is 10.4. The Morgan fingerprint density at radius 3 is 2.32 bits per heavy atom. The molecule has 0 saturated carbocycles. The van der Waals surface area contributed by atoms with Crippen molar-refractivity contribution in [1.82, 2.24) is 5.32 Å². The van der Waals surface area contributed by atoms with Crippen molar-refractivity contribution in [1.29, 1.82) is 0 Å². The van der Waals surface area contributed by atoms with Crippen molar-refractivity contribution in [2.75, 3.05) is 5.32 Å². The molecule has 114 valence electrons. The summed E-state index contributed by atoms with van der Waals surface area (Å²) in [6, 6.07) is 6.80. The molecule has 4 nitrogen and oxygen atoms in total. The van der Waals surface area contributed by atoms with Gasteiger partial charge in [0.1, 0.15) is 17.2 Å². The highest BCUT2D eigenvalue weighted by atomic mass is 35.5. The predicted octanol–water partition coefficient (Wildman–Crippen LogP) is 3.89. The molecule has 3 amide bonds. The minimum Gasteiger partial charge on any atom is -0.308 e. The number of halogens is 3. The third-order valence-electron chi connectivity index (χ3n) is 2.85. The average molecular weight is 325 g/mol. The molecule has 0 aromatic heterocycles. The molecule has 0 fully saturated rings. The molecule has 22 heavy (non-hydrogen) atoms. The summed E-state index contributed by atoms with van der Waals surface area (Å²) >= 11 is 5.90. The average Bonchev–Trinajstić information content (AvgIpc) is 2.42. The monoisotopic (exact) mass is 324 g/mol. The van der Waals surface area contributed by atoms with Crippen LogP contribution in [0.1, 0.15) is 15.9 Å². The maximum Gasteiger partial charge on any atom is 0.326 e. The number of carbonyl (C=O) groups is 2. The van der Waals surface area contributed by atoms with Crippen molar-refractivity contribution < 1.29 is 18.4 Å². The Morgan fingerprint density at radius 1 is 1.09 bits per heavy atom. The third-order valence-corrected chi connectivity index (χ3v) is 3.25. The molecule has 0 atom stereocenters. The molecule has 7 heteroatoms. The maximum absolute atomic E-state index is 13.4. The number of hydrogen-bond acceptors (Lipinski definition) is 2. The summed E-state index contributed by atoms with van der Waals surface area (Å²) in [7, 11) is 0. The number of nitrogens with one attached hydrogen (secondary N) is 2. The molecule has 0 heterocycles. The van der Waals surface area contributed by atoms with E-state index in [2.05, 4.69) is 5.32 Å². The number of hydrogen-bond donors (Lipinski definition) is 2. The molecular formula is C15H11ClF2N2O2. The van der Waals surface area contributed by atoms with Crippen LogP contribution < -0.4 is 10.6 Å². The first kappa shape index (κ1) is 15.9. The summed E-state index contributed by atoms with van der Waals surface area (Å²) in [5, 5.41) is 4.63. The van der Waals surface area contributed by atoms with Gasteiger partial charge in [0, 0.05) is 10.7 Å². The SMILES string of the molecule is Cc1ccc(NC(=O)NC(=O)c2c(F)cccc2F)cc1Cl. The molecule has 0 unspecified atom stereocenters. The van der Waals surface area contributed by atoms with Crippen LogP contribution in [0, 0.1) is 18.6 Å². The van der Waals surface area contributed by atoms with Crippen molar-refractivity contribution >= 4 is 29.2 Å². The van der Waals surface area contributed by atoms with E-state index in [1.54, 1.807) is 19.1 Å². The third kappa shape index (κ3) is 3.59. The smallest absolute Gasteiger partial charge is 0.308 e. The highest BCUT2D eigenvalue weighted by Gasteiger charge is 2.19. The van der Waals surface area contributed by atoms with Crippen LogP contribution in [0.3, 0.4) is 0 Å². The van der Waals surface area contributed by atoms with Crippen molar-refractivity contribution in [2.24, 2.45) is 0 Å². The predicted molar refractivity (Wildman–Crippen MR) is 79.0 cm³/mol. The van der Waals surface area contributed by atoms with Crippen LogP contribution in [-0.4, -0.2) is 11.9 Å². The minimum absolute atomic E-state index is 0.343. The second-order valence-corrected chi connectivity index (χ2v) is 4.88. The van der Waals surface area contributed by atoms with Gasteiger partial charge in [-0.3, -0.25) is 10.1 Å². The van der Waals surface area contributed by atoms with E-state index in [-0.39, 0.29) is 0 Å². The van der Waals surface area contributed by atoms with Crippen LogP contribution in [0.25, 0.3) is 0 Å². The zero-order valence-corrected chi connectivity index (χ0v) is 12.2. The van der Waals surface area contributed by atoms with Gasteiger partial charge in [0.25, 0.3) is 5.91 Å². The molecule has 2 aromatic rings. The van der Waals surface area contributed by atoms with E-state index in [0.29, 0.717) is 10.7 Å². The molecule has 0 radical (unpaired) electrons. The van der Waals surface area contributed by atoms with E-state index in [1.807, 2.05) is 5.32 Å². The summed E-state index contributed by atoms with van der Waals surface area (Å²) in [4.78, 5) is 23.4. The lowest BCUT2D eigenvalue weighted by Crippen LogP contribution is -2.35. The molecule has 0 bridgehead atoms. The van der Waals surface area contributed by atoms with Crippen molar-refractivity contribution in [2.45, 2.75) is 6.92 Å². The first-order valence-electron chi connectivity index (χ1n) is 6.21. The van der Waals surface area contributed by atoms with Crippen LogP contribution in [0.5, 0.6) is 0 Å². The quantitative estimate of drug-likeness (QED) is 0.880. The Bertz CT molecular complexity index is 730. The topological polar surface area (TPSA) is 58.2 Å². The van der Waals surface area contributed by atoms with Gasteiger partial charge < -0.3 is 5.32 Å². The van der Waals surface area contributed by atoms with E-state index in [1.165, 1.54) is 6.07 Å². The van der Waals surface area contributed by atoms with Gasteiger partial charge in [-0.1, -0.05) is 23.7 Å². The van der Waals surface area contributed by atoms with E-state index in [0.717, 1.165) is 23.8 Å². The van der Waals surface area contributed by atoms with Crippen LogP contribution >= 0.6 is 11.6 Å². The van der Waals surface area contributed by atoms with Gasteiger partial charge in [-0.2, -0.15) is 0 Å². The molecule has 2 N–H and O–H groups in total. The lowest BCUT2D eigenvalue weighted by molar-refractivity contribution is 0.0959. The second-order valence-electron chi connectivity index (χ2n) is 4.47. The molecule has 2 rings (SSSR count). The lowest BCUT2D eigenvalue weighted by atomic mass is 10.2. The summed E-state index contributed by atoms with van der Waals surface area (Å²) in [6.07, 6.45) is 0. The number of aryl methyl sites for hydroxylation is 1. The van der Waals surface area contributed by atoms with Gasteiger partial charge in [-0.15, -0.1) is 0 Å². The normalized spacial score (nSPS) is 10.2. The Balaban J connectivity index is 2.08. The molecule has 0 spiro atoms. The van der Waals surface area contributed by atoms with Crippen molar-refractivity contribution in [3.63, 3.8) is 0 Å². The Hall–Kier alpha value is -2.47. The Kier molecular flexibility index (Phi) is 4.72. The summed E-state index contributed by atoms with van der Waals surface area (Å²) < 4.78 is 26.9. The Labute approximate surface area is 130 Å². The van der Waals surface area contributed by atoms with Crippen LogP contribution in [-0.2, 0) is 0 Å². The zero-order valence-electron chi connectivity index (χ0n) is 11.4. The second kappa shape index (κ2) is 6.53. The molecule has 0 aliphatic carbocycles. The fourth-order valence-electron chi connectivity index (χ4n) is 1.71. The van der Waals surface area contributed by atoms with Gasteiger partial charge in [-0.05, 0) is 36.8 Å². The standard InChI is InChI=1S/C15H11ClF2N2O2/c1-8-5-6-9(7-10(8)16)19-15(22)20-14(21)13-11(17)3-2-4-12(13)18/h2-7H,1H3,(H2,19,20,21,22). The molecule has 2 aromatic carbocycles. The number of carbonyl (C=O) groups excluding carboxylic acids is 2. The highest BCUT2D eigenvalue weighted by Crippen LogP contribution is 2.20. The number of imide groups is 1. The largest absolute Gasteiger partial charge is 0.326 e. The van der Waals surface area contributed by atoms with Crippen LogP contribution in [0.15, 0.2) is 36.4 Å².